The number of aliphatic hydroxyl groups is 1. The maximum atomic E-state index is 13.1. The maximum Gasteiger partial charge on any atom is 0.472 e. The molecule has 0 aromatic rings. The Morgan fingerprint density at radius 3 is 0.784 bits per heavy atom. The molecule has 0 bridgehead atoms. The standard InChI is InChI=1S/C78H152O17P2/c1-7-10-12-14-16-18-19-20-21-22-23-24-27-31-34-37-44-50-56-62-77(82)94-74(67-89-76(81)61-55-49-43-36-33-30-28-25-26-29-32-35-40-46-52-58-70(4)5)69-93-97(86,87)91-65-72(79)64-90-96(84,85)92-68-73(66-88-75(80)60-54-48-42-17-15-13-11-8-2)95-78(83)63-57-51-45-39-38-41-47-53-59-71(6)9-3/h70-74,79H,7-69H2,1-6H3,(H,84,85)(H,86,87)/t71?,72-,73+,74+/m0/s1. The topological polar surface area (TPSA) is 237 Å². The summed E-state index contributed by atoms with van der Waals surface area (Å²) in [5, 5.41) is 10.6. The summed E-state index contributed by atoms with van der Waals surface area (Å²) in [6.07, 6.45) is 58.4. The summed E-state index contributed by atoms with van der Waals surface area (Å²) < 4.78 is 68.5. The molecule has 19 heteroatoms. The molecule has 97 heavy (non-hydrogen) atoms. The van der Waals surface area contributed by atoms with Crippen LogP contribution in [-0.2, 0) is 65.4 Å². The molecule has 0 spiro atoms. The zero-order chi connectivity index (χ0) is 71.4. The summed E-state index contributed by atoms with van der Waals surface area (Å²) in [7, 11) is -9.91. The van der Waals surface area contributed by atoms with Gasteiger partial charge in [0.1, 0.15) is 19.3 Å². The van der Waals surface area contributed by atoms with Gasteiger partial charge in [-0.1, -0.05) is 356 Å². The smallest absolute Gasteiger partial charge is 0.462 e. The van der Waals surface area contributed by atoms with Crippen LogP contribution in [0.5, 0.6) is 0 Å². The summed E-state index contributed by atoms with van der Waals surface area (Å²) in [6.45, 7) is 9.61. The highest BCUT2D eigenvalue weighted by atomic mass is 31.2. The summed E-state index contributed by atoms with van der Waals surface area (Å²) in [6, 6.07) is 0. The van der Waals surface area contributed by atoms with Gasteiger partial charge in [-0.15, -0.1) is 0 Å². The van der Waals surface area contributed by atoms with E-state index in [1.807, 2.05) is 0 Å². The third kappa shape index (κ3) is 70.9. The Labute approximate surface area is 594 Å². The lowest BCUT2D eigenvalue weighted by molar-refractivity contribution is -0.161. The molecule has 0 rings (SSSR count). The molecule has 0 saturated carbocycles. The molecule has 0 aliphatic heterocycles. The number of hydrogen-bond acceptors (Lipinski definition) is 15. The van der Waals surface area contributed by atoms with E-state index in [0.29, 0.717) is 25.7 Å². The number of rotatable bonds is 77. The van der Waals surface area contributed by atoms with Crippen LogP contribution >= 0.6 is 15.6 Å². The van der Waals surface area contributed by atoms with Crippen molar-refractivity contribution < 1.29 is 80.2 Å². The van der Waals surface area contributed by atoms with Crippen LogP contribution in [0.2, 0.25) is 0 Å². The van der Waals surface area contributed by atoms with E-state index >= 15 is 0 Å². The van der Waals surface area contributed by atoms with Crippen molar-refractivity contribution >= 4 is 39.5 Å². The van der Waals surface area contributed by atoms with E-state index in [2.05, 4.69) is 41.5 Å². The molecule has 6 atom stereocenters. The maximum absolute atomic E-state index is 13.1. The second kappa shape index (κ2) is 69.8. The number of unbranched alkanes of at least 4 members (excludes halogenated alkanes) is 46. The molecular weight excluding hydrogens is 1270 g/mol. The normalized spacial score (nSPS) is 14.2. The zero-order valence-corrected chi connectivity index (χ0v) is 65.2. The van der Waals surface area contributed by atoms with Gasteiger partial charge >= 0.3 is 39.5 Å². The van der Waals surface area contributed by atoms with Gasteiger partial charge in [0.15, 0.2) is 12.2 Å². The van der Waals surface area contributed by atoms with E-state index in [1.165, 1.54) is 218 Å². The first-order valence-corrected chi connectivity index (χ1v) is 43.5. The van der Waals surface area contributed by atoms with E-state index in [-0.39, 0.29) is 25.7 Å². The van der Waals surface area contributed by atoms with Gasteiger partial charge in [0, 0.05) is 25.7 Å². The number of hydrogen-bond donors (Lipinski definition) is 3. The highest BCUT2D eigenvalue weighted by molar-refractivity contribution is 7.47. The fraction of sp³-hybridized carbons (Fsp3) is 0.949. The third-order valence-corrected chi connectivity index (χ3v) is 20.5. The second-order valence-electron chi connectivity index (χ2n) is 28.8. The van der Waals surface area contributed by atoms with Crippen molar-refractivity contribution in [2.24, 2.45) is 11.8 Å². The summed E-state index contributed by atoms with van der Waals surface area (Å²) in [5.41, 5.74) is 0. The van der Waals surface area contributed by atoms with E-state index < -0.39 is 97.5 Å². The molecule has 0 aromatic heterocycles. The molecule has 0 aliphatic rings. The lowest BCUT2D eigenvalue weighted by Gasteiger charge is -2.21. The molecule has 0 aliphatic carbocycles. The highest BCUT2D eigenvalue weighted by Gasteiger charge is 2.30. The largest absolute Gasteiger partial charge is 0.472 e. The molecule has 0 radical (unpaired) electrons. The van der Waals surface area contributed by atoms with Crippen LogP contribution in [0.4, 0.5) is 0 Å². The van der Waals surface area contributed by atoms with Crippen LogP contribution in [0.15, 0.2) is 0 Å². The molecule has 17 nitrogen and oxygen atoms in total. The molecule has 576 valence electrons. The molecule has 0 heterocycles. The molecule has 0 fully saturated rings. The number of esters is 4. The van der Waals surface area contributed by atoms with Crippen molar-refractivity contribution in [3.63, 3.8) is 0 Å². The van der Waals surface area contributed by atoms with Crippen molar-refractivity contribution in [2.75, 3.05) is 39.6 Å². The Morgan fingerprint density at radius 2 is 0.526 bits per heavy atom. The average Bonchev–Trinajstić information content (AvgIpc) is 2.19. The predicted molar refractivity (Wildman–Crippen MR) is 395 cm³/mol. The van der Waals surface area contributed by atoms with Gasteiger partial charge in [-0.05, 0) is 37.5 Å². The van der Waals surface area contributed by atoms with E-state index in [4.69, 9.17) is 37.0 Å². The minimum atomic E-state index is -4.96. The van der Waals surface area contributed by atoms with Crippen LogP contribution in [-0.4, -0.2) is 96.7 Å². The second-order valence-corrected chi connectivity index (χ2v) is 31.7. The lowest BCUT2D eigenvalue weighted by Crippen LogP contribution is -2.30. The minimum absolute atomic E-state index is 0.105. The zero-order valence-electron chi connectivity index (χ0n) is 63.4. The molecule has 0 amide bonds. The molecule has 0 saturated heterocycles. The Kier molecular flexibility index (Phi) is 68.4. The van der Waals surface area contributed by atoms with Crippen molar-refractivity contribution in [3.8, 4) is 0 Å². The first kappa shape index (κ1) is 95.1. The average molecular weight is 1420 g/mol. The molecule has 3 unspecified atom stereocenters. The number of phosphoric acid groups is 2. The first-order chi connectivity index (χ1) is 46.9. The third-order valence-electron chi connectivity index (χ3n) is 18.6. The number of carbonyl (C=O) groups is 4. The summed E-state index contributed by atoms with van der Waals surface area (Å²) in [4.78, 5) is 72.8. The van der Waals surface area contributed by atoms with Crippen LogP contribution in [0.3, 0.4) is 0 Å². The summed E-state index contributed by atoms with van der Waals surface area (Å²) in [5.74, 6) is -0.541. The van der Waals surface area contributed by atoms with Crippen LogP contribution in [0.1, 0.15) is 408 Å². The fourth-order valence-electron chi connectivity index (χ4n) is 12.0. The van der Waals surface area contributed by atoms with Gasteiger partial charge in [0.25, 0.3) is 0 Å². The SMILES string of the molecule is CCCCCCCCCCCCCCCCCCCCCC(=O)O[C@H](COC(=O)CCCCCCCCCCCCCCCCCC(C)C)COP(=O)(O)OC[C@@H](O)COP(=O)(O)OC[C@@H](COC(=O)CCCCCCCCCC)OC(=O)CCCCCCCCCCC(C)CC. The molecular formula is C78H152O17P2. The Morgan fingerprint density at radius 1 is 0.299 bits per heavy atom. The Balaban J connectivity index is 5.20. The minimum Gasteiger partial charge on any atom is -0.462 e. The Bertz CT molecular complexity index is 1870. The molecule has 3 N–H and O–H groups in total. The van der Waals surface area contributed by atoms with E-state index in [9.17, 15) is 43.2 Å². The highest BCUT2D eigenvalue weighted by Crippen LogP contribution is 2.45. The lowest BCUT2D eigenvalue weighted by atomic mass is 9.99. The van der Waals surface area contributed by atoms with Crippen LogP contribution < -0.4 is 0 Å². The molecule has 0 aromatic carbocycles. The first-order valence-electron chi connectivity index (χ1n) is 40.5. The monoisotopic (exact) mass is 1420 g/mol. The number of ether oxygens (including phenoxy) is 4. The van der Waals surface area contributed by atoms with Crippen molar-refractivity contribution in [3.05, 3.63) is 0 Å². The number of phosphoric ester groups is 2. The van der Waals surface area contributed by atoms with Crippen molar-refractivity contribution in [1.82, 2.24) is 0 Å². The summed E-state index contributed by atoms with van der Waals surface area (Å²) >= 11 is 0. The van der Waals surface area contributed by atoms with Crippen molar-refractivity contribution in [2.45, 2.75) is 426 Å². The number of carbonyl (C=O) groups excluding carboxylic acids is 4. The Hall–Kier alpha value is -1.94. The van der Waals surface area contributed by atoms with Gasteiger partial charge in [0.2, 0.25) is 0 Å². The van der Waals surface area contributed by atoms with Gasteiger partial charge < -0.3 is 33.8 Å². The van der Waals surface area contributed by atoms with Gasteiger partial charge in [-0.25, -0.2) is 9.13 Å². The predicted octanol–water partition coefficient (Wildman–Crippen LogP) is 23.1. The number of aliphatic hydroxyl groups excluding tert-OH is 1. The van der Waals surface area contributed by atoms with Crippen LogP contribution in [0.25, 0.3) is 0 Å². The van der Waals surface area contributed by atoms with Crippen molar-refractivity contribution in [1.29, 1.82) is 0 Å². The van der Waals surface area contributed by atoms with E-state index in [0.717, 1.165) is 108 Å². The van der Waals surface area contributed by atoms with Gasteiger partial charge in [-0.3, -0.25) is 37.3 Å². The van der Waals surface area contributed by atoms with Gasteiger partial charge in [-0.2, -0.15) is 0 Å². The fourth-order valence-corrected chi connectivity index (χ4v) is 13.6. The van der Waals surface area contributed by atoms with Gasteiger partial charge in [0.05, 0.1) is 26.4 Å². The quantitative estimate of drug-likeness (QED) is 0.0222. The van der Waals surface area contributed by atoms with E-state index in [1.54, 1.807) is 0 Å². The van der Waals surface area contributed by atoms with Crippen LogP contribution in [0, 0.1) is 11.8 Å².